The molecule has 0 saturated carbocycles. The Kier molecular flexibility index (Phi) is 2.25. The quantitative estimate of drug-likeness (QED) is 0.704. The molecule has 4 heteroatoms. The SMILES string of the molecule is CC[C@H](C(=O)O)n1cccn1. The van der Waals surface area contributed by atoms with Crippen LogP contribution in [0, 0.1) is 0 Å². The molecule has 0 bridgehead atoms. The zero-order valence-corrected chi connectivity index (χ0v) is 6.27. The van der Waals surface area contributed by atoms with Crippen LogP contribution in [0.25, 0.3) is 0 Å². The van der Waals surface area contributed by atoms with Gasteiger partial charge in [-0.2, -0.15) is 5.10 Å². The fourth-order valence-corrected chi connectivity index (χ4v) is 0.940. The van der Waals surface area contributed by atoms with Crippen molar-refractivity contribution in [2.75, 3.05) is 0 Å². The third kappa shape index (κ3) is 1.58. The van der Waals surface area contributed by atoms with Gasteiger partial charge in [0.2, 0.25) is 0 Å². The molecule has 0 fully saturated rings. The number of carboxylic acid groups (broad SMARTS) is 1. The minimum Gasteiger partial charge on any atom is -0.480 e. The Balaban J connectivity index is 2.79. The van der Waals surface area contributed by atoms with Gasteiger partial charge in [0, 0.05) is 12.4 Å². The second-order valence-electron chi connectivity index (χ2n) is 2.25. The summed E-state index contributed by atoms with van der Waals surface area (Å²) in [6.45, 7) is 1.82. The number of rotatable bonds is 3. The molecule has 0 aliphatic heterocycles. The van der Waals surface area contributed by atoms with Gasteiger partial charge in [-0.05, 0) is 12.5 Å². The van der Waals surface area contributed by atoms with Crippen LogP contribution in [0.4, 0.5) is 0 Å². The van der Waals surface area contributed by atoms with E-state index < -0.39 is 12.0 Å². The molecular weight excluding hydrogens is 144 g/mol. The van der Waals surface area contributed by atoms with Gasteiger partial charge in [-0.3, -0.25) is 4.68 Å². The van der Waals surface area contributed by atoms with Crippen LogP contribution in [-0.2, 0) is 4.79 Å². The average molecular weight is 154 g/mol. The van der Waals surface area contributed by atoms with E-state index in [1.54, 1.807) is 18.5 Å². The van der Waals surface area contributed by atoms with Crippen LogP contribution in [0.15, 0.2) is 18.5 Å². The lowest BCUT2D eigenvalue weighted by Gasteiger charge is -2.08. The molecule has 0 aromatic carbocycles. The third-order valence-corrected chi connectivity index (χ3v) is 1.52. The number of aromatic nitrogens is 2. The molecule has 1 N–H and O–H groups in total. The van der Waals surface area contributed by atoms with Crippen molar-refractivity contribution in [2.24, 2.45) is 0 Å². The van der Waals surface area contributed by atoms with Crippen LogP contribution in [0.5, 0.6) is 0 Å². The molecule has 0 spiro atoms. The summed E-state index contributed by atoms with van der Waals surface area (Å²) in [6, 6.07) is 1.19. The maximum Gasteiger partial charge on any atom is 0.328 e. The third-order valence-electron chi connectivity index (χ3n) is 1.52. The maximum atomic E-state index is 10.6. The number of aliphatic carboxylic acids is 1. The summed E-state index contributed by atoms with van der Waals surface area (Å²) >= 11 is 0. The van der Waals surface area contributed by atoms with Crippen molar-refractivity contribution >= 4 is 5.97 Å². The van der Waals surface area contributed by atoms with Crippen LogP contribution < -0.4 is 0 Å². The highest BCUT2D eigenvalue weighted by molar-refractivity contribution is 5.71. The van der Waals surface area contributed by atoms with Gasteiger partial charge >= 0.3 is 5.97 Å². The molecule has 0 unspecified atom stereocenters. The first-order chi connectivity index (χ1) is 5.25. The largest absolute Gasteiger partial charge is 0.480 e. The van der Waals surface area contributed by atoms with Gasteiger partial charge in [-0.25, -0.2) is 4.79 Å². The second kappa shape index (κ2) is 3.18. The summed E-state index contributed by atoms with van der Waals surface area (Å²) in [7, 11) is 0. The van der Waals surface area contributed by atoms with E-state index in [0.717, 1.165) is 0 Å². The number of hydrogen-bond donors (Lipinski definition) is 1. The van der Waals surface area contributed by atoms with Gasteiger partial charge in [0.1, 0.15) is 6.04 Å². The minimum absolute atomic E-state index is 0.523. The molecule has 0 aliphatic rings. The van der Waals surface area contributed by atoms with Crippen molar-refractivity contribution in [1.29, 1.82) is 0 Å². The van der Waals surface area contributed by atoms with E-state index in [1.165, 1.54) is 4.68 Å². The van der Waals surface area contributed by atoms with Crippen LogP contribution in [-0.4, -0.2) is 20.9 Å². The predicted molar refractivity (Wildman–Crippen MR) is 39.2 cm³/mol. The van der Waals surface area contributed by atoms with Crippen molar-refractivity contribution < 1.29 is 9.90 Å². The molecule has 60 valence electrons. The van der Waals surface area contributed by atoms with E-state index in [1.807, 2.05) is 6.92 Å². The number of carbonyl (C=O) groups is 1. The van der Waals surface area contributed by atoms with Crippen molar-refractivity contribution in [3.05, 3.63) is 18.5 Å². The van der Waals surface area contributed by atoms with Crippen molar-refractivity contribution in [2.45, 2.75) is 19.4 Å². The zero-order valence-electron chi connectivity index (χ0n) is 6.27. The van der Waals surface area contributed by atoms with E-state index in [2.05, 4.69) is 5.10 Å². The highest BCUT2D eigenvalue weighted by atomic mass is 16.4. The van der Waals surface area contributed by atoms with Gasteiger partial charge in [0.25, 0.3) is 0 Å². The summed E-state index contributed by atoms with van der Waals surface area (Å²) in [6.07, 6.45) is 3.78. The Bertz CT molecular complexity index is 231. The lowest BCUT2D eigenvalue weighted by Crippen LogP contribution is -2.18. The van der Waals surface area contributed by atoms with Gasteiger partial charge in [-0.1, -0.05) is 6.92 Å². The van der Waals surface area contributed by atoms with E-state index in [9.17, 15) is 4.79 Å². The van der Waals surface area contributed by atoms with E-state index >= 15 is 0 Å². The van der Waals surface area contributed by atoms with Crippen LogP contribution in [0.1, 0.15) is 19.4 Å². The summed E-state index contributed by atoms with van der Waals surface area (Å²) in [5, 5.41) is 12.5. The van der Waals surface area contributed by atoms with E-state index in [-0.39, 0.29) is 0 Å². The molecule has 4 nitrogen and oxygen atoms in total. The normalized spacial score (nSPS) is 12.8. The lowest BCUT2D eigenvalue weighted by atomic mass is 10.2. The highest BCUT2D eigenvalue weighted by Crippen LogP contribution is 2.08. The van der Waals surface area contributed by atoms with E-state index in [4.69, 9.17) is 5.11 Å². The van der Waals surface area contributed by atoms with Gasteiger partial charge in [0.15, 0.2) is 0 Å². The predicted octanol–water partition coefficient (Wildman–Crippen LogP) is 0.919. The van der Waals surface area contributed by atoms with Crippen LogP contribution in [0.3, 0.4) is 0 Å². The van der Waals surface area contributed by atoms with Crippen molar-refractivity contribution in [3.63, 3.8) is 0 Å². The highest BCUT2D eigenvalue weighted by Gasteiger charge is 2.16. The molecule has 1 rings (SSSR count). The van der Waals surface area contributed by atoms with E-state index in [0.29, 0.717) is 6.42 Å². The topological polar surface area (TPSA) is 55.1 Å². The Morgan fingerprint density at radius 3 is 2.91 bits per heavy atom. The summed E-state index contributed by atoms with van der Waals surface area (Å²) < 4.78 is 1.45. The Morgan fingerprint density at radius 2 is 2.55 bits per heavy atom. The summed E-state index contributed by atoms with van der Waals surface area (Å²) in [4.78, 5) is 10.6. The molecular formula is C7H10N2O2. The van der Waals surface area contributed by atoms with Gasteiger partial charge < -0.3 is 5.11 Å². The average Bonchev–Trinajstić information content (AvgIpc) is 2.40. The number of hydrogen-bond acceptors (Lipinski definition) is 2. The molecule has 1 aromatic rings. The van der Waals surface area contributed by atoms with Gasteiger partial charge in [-0.15, -0.1) is 0 Å². The summed E-state index contributed by atoms with van der Waals surface area (Å²) in [5.74, 6) is -0.837. The molecule has 0 radical (unpaired) electrons. The molecule has 1 heterocycles. The first-order valence-corrected chi connectivity index (χ1v) is 3.47. The standard InChI is InChI=1S/C7H10N2O2/c1-2-6(7(10)11)9-5-3-4-8-9/h3-6H,2H2,1H3,(H,10,11)/t6-/m1/s1. The lowest BCUT2D eigenvalue weighted by molar-refractivity contribution is -0.141. The Labute approximate surface area is 64.5 Å². The molecule has 1 aromatic heterocycles. The maximum absolute atomic E-state index is 10.6. The first kappa shape index (κ1) is 7.78. The Morgan fingerprint density at radius 1 is 1.82 bits per heavy atom. The fraction of sp³-hybridized carbons (Fsp3) is 0.429. The minimum atomic E-state index is -0.837. The van der Waals surface area contributed by atoms with Crippen LogP contribution >= 0.6 is 0 Å². The Hall–Kier alpha value is -1.32. The van der Waals surface area contributed by atoms with Crippen molar-refractivity contribution in [1.82, 2.24) is 9.78 Å². The smallest absolute Gasteiger partial charge is 0.328 e. The molecule has 1 atom stereocenters. The number of carboxylic acids is 1. The van der Waals surface area contributed by atoms with Crippen molar-refractivity contribution in [3.8, 4) is 0 Å². The zero-order chi connectivity index (χ0) is 8.27. The van der Waals surface area contributed by atoms with Crippen LogP contribution in [0.2, 0.25) is 0 Å². The monoisotopic (exact) mass is 154 g/mol. The van der Waals surface area contributed by atoms with Gasteiger partial charge in [0.05, 0.1) is 0 Å². The second-order valence-corrected chi connectivity index (χ2v) is 2.25. The molecule has 0 amide bonds. The first-order valence-electron chi connectivity index (χ1n) is 3.47. The number of nitrogens with zero attached hydrogens (tertiary/aromatic N) is 2. The molecule has 11 heavy (non-hydrogen) atoms. The fourth-order valence-electron chi connectivity index (χ4n) is 0.940. The molecule has 0 saturated heterocycles. The molecule has 0 aliphatic carbocycles. The summed E-state index contributed by atoms with van der Waals surface area (Å²) in [5.41, 5.74) is 0.